The van der Waals surface area contributed by atoms with Crippen molar-refractivity contribution in [3.8, 4) is 0 Å². The van der Waals surface area contributed by atoms with Crippen LogP contribution in [0.4, 0.5) is 0 Å². The van der Waals surface area contributed by atoms with Crippen LogP contribution in [-0.2, 0) is 9.59 Å². The predicted octanol–water partition coefficient (Wildman–Crippen LogP) is 2.61. The molecule has 1 saturated heterocycles. The summed E-state index contributed by atoms with van der Waals surface area (Å²) in [5.41, 5.74) is 0. The molecule has 1 aromatic heterocycles. The van der Waals surface area contributed by atoms with Gasteiger partial charge in [-0.15, -0.1) is 0 Å². The van der Waals surface area contributed by atoms with Crippen molar-refractivity contribution in [3.05, 3.63) is 29.7 Å². The monoisotopic (exact) mass is 318 g/mol. The first-order valence-electron chi connectivity index (χ1n) is 8.27. The smallest absolute Gasteiger partial charge is 0.246 e. The van der Waals surface area contributed by atoms with Crippen LogP contribution in [0.15, 0.2) is 22.6 Å². The molecule has 0 unspecified atom stereocenters. The van der Waals surface area contributed by atoms with E-state index in [1.165, 1.54) is 0 Å². The first-order chi connectivity index (χ1) is 11.0. The molecule has 1 N–H and O–H groups in total. The SMILES string of the molecule is Cc1ccc(/C=C/C(=O)N2CCC[C@H](CNC(=O)C(C)C)C2)o1. The van der Waals surface area contributed by atoms with Gasteiger partial charge < -0.3 is 14.6 Å². The molecule has 5 heteroatoms. The highest BCUT2D eigenvalue weighted by Gasteiger charge is 2.23. The Morgan fingerprint density at radius 3 is 2.87 bits per heavy atom. The van der Waals surface area contributed by atoms with E-state index in [1.807, 2.05) is 37.8 Å². The molecule has 0 radical (unpaired) electrons. The van der Waals surface area contributed by atoms with Crippen molar-refractivity contribution in [2.24, 2.45) is 11.8 Å². The molecule has 23 heavy (non-hydrogen) atoms. The number of nitrogens with one attached hydrogen (secondary N) is 1. The second-order valence-electron chi connectivity index (χ2n) is 6.47. The van der Waals surface area contributed by atoms with Crippen molar-refractivity contribution >= 4 is 17.9 Å². The molecule has 0 aliphatic carbocycles. The minimum atomic E-state index is -0.00369. The van der Waals surface area contributed by atoms with E-state index in [0.717, 1.165) is 25.1 Å². The molecule has 0 aromatic carbocycles. The summed E-state index contributed by atoms with van der Waals surface area (Å²) in [6, 6.07) is 3.72. The zero-order valence-electron chi connectivity index (χ0n) is 14.2. The molecular formula is C18H26N2O3. The van der Waals surface area contributed by atoms with Crippen molar-refractivity contribution in [3.63, 3.8) is 0 Å². The summed E-state index contributed by atoms with van der Waals surface area (Å²) < 4.78 is 5.42. The summed E-state index contributed by atoms with van der Waals surface area (Å²) in [6.45, 7) is 7.75. The first-order valence-corrected chi connectivity index (χ1v) is 8.27. The Bertz CT molecular complexity index is 575. The van der Waals surface area contributed by atoms with Gasteiger partial charge in [0.15, 0.2) is 0 Å². The van der Waals surface area contributed by atoms with E-state index in [-0.39, 0.29) is 17.7 Å². The van der Waals surface area contributed by atoms with E-state index in [2.05, 4.69) is 5.32 Å². The normalized spacial score (nSPS) is 18.6. The van der Waals surface area contributed by atoms with Gasteiger partial charge in [-0.1, -0.05) is 13.8 Å². The van der Waals surface area contributed by atoms with Crippen LogP contribution < -0.4 is 5.32 Å². The lowest BCUT2D eigenvalue weighted by Gasteiger charge is -2.32. The summed E-state index contributed by atoms with van der Waals surface area (Å²) in [6.07, 6.45) is 5.29. The zero-order chi connectivity index (χ0) is 16.8. The van der Waals surface area contributed by atoms with Gasteiger partial charge in [0, 0.05) is 31.6 Å². The molecule has 1 aromatic rings. The number of likely N-dealkylation sites (tertiary alicyclic amines) is 1. The maximum absolute atomic E-state index is 12.3. The Morgan fingerprint density at radius 1 is 1.43 bits per heavy atom. The number of rotatable bonds is 5. The maximum Gasteiger partial charge on any atom is 0.246 e. The molecule has 2 amide bonds. The number of amides is 2. The Morgan fingerprint density at radius 2 is 2.22 bits per heavy atom. The van der Waals surface area contributed by atoms with Crippen molar-refractivity contribution in [1.29, 1.82) is 0 Å². The van der Waals surface area contributed by atoms with Crippen molar-refractivity contribution in [1.82, 2.24) is 10.2 Å². The molecule has 5 nitrogen and oxygen atoms in total. The van der Waals surface area contributed by atoms with Crippen LogP contribution in [-0.4, -0.2) is 36.3 Å². The summed E-state index contributed by atoms with van der Waals surface area (Å²) in [7, 11) is 0. The number of carbonyl (C=O) groups is 2. The number of nitrogens with zero attached hydrogens (tertiary/aromatic N) is 1. The van der Waals surface area contributed by atoms with Gasteiger partial charge in [-0.3, -0.25) is 9.59 Å². The fraction of sp³-hybridized carbons (Fsp3) is 0.556. The van der Waals surface area contributed by atoms with Crippen LogP contribution in [0.3, 0.4) is 0 Å². The molecular weight excluding hydrogens is 292 g/mol. The predicted molar refractivity (Wildman–Crippen MR) is 89.6 cm³/mol. The fourth-order valence-corrected chi connectivity index (χ4v) is 2.68. The van der Waals surface area contributed by atoms with Crippen molar-refractivity contribution < 1.29 is 14.0 Å². The lowest BCUT2D eigenvalue weighted by molar-refractivity contribution is -0.127. The minimum absolute atomic E-state index is 0.000982. The number of aryl methyl sites for hydroxylation is 1. The van der Waals surface area contributed by atoms with Gasteiger partial charge in [-0.25, -0.2) is 0 Å². The Balaban J connectivity index is 1.84. The highest BCUT2D eigenvalue weighted by atomic mass is 16.3. The Hall–Kier alpha value is -2.04. The molecule has 1 atom stereocenters. The largest absolute Gasteiger partial charge is 0.462 e. The fourth-order valence-electron chi connectivity index (χ4n) is 2.68. The molecule has 0 saturated carbocycles. The lowest BCUT2D eigenvalue weighted by atomic mass is 9.97. The third-order valence-corrected chi connectivity index (χ3v) is 4.07. The van der Waals surface area contributed by atoms with Crippen molar-refractivity contribution in [2.45, 2.75) is 33.6 Å². The van der Waals surface area contributed by atoms with Gasteiger partial charge in [-0.2, -0.15) is 0 Å². The van der Waals surface area contributed by atoms with Crippen LogP contribution in [0.1, 0.15) is 38.2 Å². The van der Waals surface area contributed by atoms with Gasteiger partial charge >= 0.3 is 0 Å². The van der Waals surface area contributed by atoms with Crippen LogP contribution in [0, 0.1) is 18.8 Å². The second-order valence-corrected chi connectivity index (χ2v) is 6.47. The number of hydrogen-bond acceptors (Lipinski definition) is 3. The van der Waals surface area contributed by atoms with Gasteiger partial charge in [-0.05, 0) is 43.9 Å². The third kappa shape index (κ3) is 5.27. The average Bonchev–Trinajstić information content (AvgIpc) is 2.96. The molecule has 0 bridgehead atoms. The van der Waals surface area contributed by atoms with Gasteiger partial charge in [0.05, 0.1) is 0 Å². The van der Waals surface area contributed by atoms with Gasteiger partial charge in [0.2, 0.25) is 11.8 Å². The van der Waals surface area contributed by atoms with Crippen molar-refractivity contribution in [2.75, 3.05) is 19.6 Å². The Labute approximate surface area is 137 Å². The topological polar surface area (TPSA) is 62.6 Å². The van der Waals surface area contributed by atoms with E-state index in [0.29, 0.717) is 24.8 Å². The third-order valence-electron chi connectivity index (χ3n) is 4.07. The lowest BCUT2D eigenvalue weighted by Crippen LogP contribution is -2.43. The standard InChI is InChI=1S/C18H26N2O3/c1-13(2)18(22)19-11-15-5-4-10-20(12-15)17(21)9-8-16-7-6-14(3)23-16/h6-9,13,15H,4-5,10-12H2,1-3H3,(H,19,22)/b9-8+/t15-/m1/s1. The van der Waals surface area contributed by atoms with E-state index >= 15 is 0 Å². The van der Waals surface area contributed by atoms with E-state index in [9.17, 15) is 9.59 Å². The molecule has 1 fully saturated rings. The average molecular weight is 318 g/mol. The van der Waals surface area contributed by atoms with Gasteiger partial charge in [0.25, 0.3) is 0 Å². The van der Waals surface area contributed by atoms with E-state index < -0.39 is 0 Å². The summed E-state index contributed by atoms with van der Waals surface area (Å²) >= 11 is 0. The zero-order valence-corrected chi connectivity index (χ0v) is 14.2. The number of hydrogen-bond donors (Lipinski definition) is 1. The number of piperidine rings is 1. The molecule has 126 valence electrons. The summed E-state index contributed by atoms with van der Waals surface area (Å²) in [5.74, 6) is 1.91. The Kier molecular flexibility index (Phi) is 6.02. The maximum atomic E-state index is 12.3. The molecule has 2 heterocycles. The van der Waals surface area contributed by atoms with Crippen LogP contribution in [0.25, 0.3) is 6.08 Å². The second kappa shape index (κ2) is 7.99. The van der Waals surface area contributed by atoms with Crippen LogP contribution in [0.5, 0.6) is 0 Å². The minimum Gasteiger partial charge on any atom is -0.462 e. The highest BCUT2D eigenvalue weighted by molar-refractivity contribution is 5.91. The van der Waals surface area contributed by atoms with Crippen LogP contribution >= 0.6 is 0 Å². The molecule has 0 spiro atoms. The molecule has 1 aliphatic rings. The van der Waals surface area contributed by atoms with E-state index in [1.54, 1.807) is 12.2 Å². The number of furan rings is 1. The first kappa shape index (κ1) is 17.3. The summed E-state index contributed by atoms with van der Waals surface area (Å²) in [5, 5.41) is 2.96. The van der Waals surface area contributed by atoms with Gasteiger partial charge in [0.1, 0.15) is 11.5 Å². The summed E-state index contributed by atoms with van der Waals surface area (Å²) in [4.78, 5) is 25.8. The number of carbonyl (C=O) groups excluding carboxylic acids is 2. The molecule has 1 aliphatic heterocycles. The quantitative estimate of drug-likeness (QED) is 0.849. The molecule has 2 rings (SSSR count). The van der Waals surface area contributed by atoms with E-state index in [4.69, 9.17) is 4.42 Å². The highest BCUT2D eigenvalue weighted by Crippen LogP contribution is 2.17. The van der Waals surface area contributed by atoms with Crippen LogP contribution in [0.2, 0.25) is 0 Å².